The summed E-state index contributed by atoms with van der Waals surface area (Å²) in [5, 5.41) is 3.51. The summed E-state index contributed by atoms with van der Waals surface area (Å²) < 4.78 is 10.9. The van der Waals surface area contributed by atoms with E-state index in [1.54, 1.807) is 0 Å². The van der Waals surface area contributed by atoms with E-state index in [9.17, 15) is 0 Å². The van der Waals surface area contributed by atoms with Gasteiger partial charge < -0.3 is 9.31 Å². The Morgan fingerprint density at radius 3 is 2.40 bits per heavy atom. The van der Waals surface area contributed by atoms with Crippen LogP contribution in [0, 0.1) is 5.92 Å². The molecule has 0 bridgehead atoms. The molecule has 86 valence electrons. The molecular formula is C9H20BN3O2. The topological polar surface area (TPSA) is 67.2 Å². The highest BCUT2D eigenvalue weighted by Crippen LogP contribution is 2.13. The van der Waals surface area contributed by atoms with E-state index < -0.39 is 0 Å². The van der Waals surface area contributed by atoms with Gasteiger partial charge in [-0.1, -0.05) is 12.0 Å². The molecule has 0 aliphatic carbocycles. The maximum absolute atomic E-state index is 8.14. The number of hydrogen-bond donors (Lipinski definition) is 0. The minimum absolute atomic E-state index is 0.124. The van der Waals surface area contributed by atoms with Gasteiger partial charge in [0.15, 0.2) is 0 Å². The molecule has 0 heterocycles. The third-order valence-corrected chi connectivity index (χ3v) is 2.09. The Kier molecular flexibility index (Phi) is 9.37. The normalized spacial score (nSPS) is 11.9. The number of azide groups is 1. The van der Waals surface area contributed by atoms with Crippen molar-refractivity contribution in [2.75, 3.05) is 19.8 Å². The molecule has 1 atom stereocenters. The highest BCUT2D eigenvalue weighted by Gasteiger charge is 2.19. The van der Waals surface area contributed by atoms with E-state index in [4.69, 9.17) is 14.8 Å². The lowest BCUT2D eigenvalue weighted by Gasteiger charge is -2.16. The van der Waals surface area contributed by atoms with Crippen LogP contribution in [0.4, 0.5) is 0 Å². The first-order valence-electron chi connectivity index (χ1n) is 5.48. The Labute approximate surface area is 91.9 Å². The van der Waals surface area contributed by atoms with Gasteiger partial charge in [0.1, 0.15) is 0 Å². The van der Waals surface area contributed by atoms with Gasteiger partial charge >= 0.3 is 7.12 Å². The van der Waals surface area contributed by atoms with Gasteiger partial charge in [-0.15, -0.1) is 0 Å². The van der Waals surface area contributed by atoms with Crippen LogP contribution in [0.5, 0.6) is 0 Å². The summed E-state index contributed by atoms with van der Waals surface area (Å²) in [6.07, 6.45) is 1.73. The maximum atomic E-state index is 8.14. The first kappa shape index (κ1) is 14.3. The fourth-order valence-corrected chi connectivity index (χ4v) is 1.33. The molecule has 6 heteroatoms. The lowest BCUT2D eigenvalue weighted by Crippen LogP contribution is -2.25. The summed E-state index contributed by atoms with van der Waals surface area (Å²) in [4.78, 5) is 2.72. The molecule has 0 aliphatic rings. The number of rotatable bonds is 9. The van der Waals surface area contributed by atoms with Crippen molar-refractivity contribution in [1.82, 2.24) is 0 Å². The van der Waals surface area contributed by atoms with Gasteiger partial charge in [-0.3, -0.25) is 0 Å². The molecule has 0 saturated carbocycles. The fraction of sp³-hybridized carbons (Fsp3) is 1.00. The predicted octanol–water partition coefficient (Wildman–Crippen LogP) is 2.88. The van der Waals surface area contributed by atoms with Crippen molar-refractivity contribution in [3.8, 4) is 0 Å². The molecule has 0 N–H and O–H groups in total. The third kappa shape index (κ3) is 8.30. The van der Waals surface area contributed by atoms with Crippen molar-refractivity contribution in [2.45, 2.75) is 33.5 Å². The van der Waals surface area contributed by atoms with Crippen LogP contribution < -0.4 is 0 Å². The fourth-order valence-electron chi connectivity index (χ4n) is 1.33. The maximum Gasteiger partial charge on any atom is 0.457 e. The second-order valence-electron chi connectivity index (χ2n) is 3.42. The van der Waals surface area contributed by atoms with Crippen molar-refractivity contribution in [1.29, 1.82) is 0 Å². The zero-order chi connectivity index (χ0) is 11.5. The number of nitrogens with zero attached hydrogens (tertiary/aromatic N) is 3. The van der Waals surface area contributed by atoms with E-state index in [2.05, 4.69) is 16.9 Å². The molecule has 0 aromatic heterocycles. The average molecular weight is 213 g/mol. The first-order chi connectivity index (χ1) is 7.24. The molecule has 1 unspecified atom stereocenters. The lowest BCUT2D eigenvalue weighted by atomic mass is 9.76. The Morgan fingerprint density at radius 1 is 1.33 bits per heavy atom. The molecule has 5 nitrogen and oxygen atoms in total. The highest BCUT2D eigenvalue weighted by atomic mass is 16.6. The molecule has 0 aromatic carbocycles. The smallest absolute Gasteiger partial charge is 0.411 e. The van der Waals surface area contributed by atoms with Gasteiger partial charge in [-0.2, -0.15) is 0 Å². The Morgan fingerprint density at radius 2 is 1.93 bits per heavy atom. The molecule has 0 radical (unpaired) electrons. The van der Waals surface area contributed by atoms with Crippen LogP contribution >= 0.6 is 0 Å². The monoisotopic (exact) mass is 213 g/mol. The Hall–Kier alpha value is -0.705. The van der Waals surface area contributed by atoms with E-state index in [0.29, 0.717) is 25.7 Å². The van der Waals surface area contributed by atoms with E-state index in [1.807, 2.05) is 13.8 Å². The van der Waals surface area contributed by atoms with Crippen LogP contribution in [-0.4, -0.2) is 26.9 Å². The van der Waals surface area contributed by atoms with Gasteiger partial charge in [0, 0.05) is 24.7 Å². The van der Waals surface area contributed by atoms with E-state index in [1.165, 1.54) is 0 Å². The minimum atomic E-state index is -0.124. The summed E-state index contributed by atoms with van der Waals surface area (Å²) >= 11 is 0. The van der Waals surface area contributed by atoms with Crippen LogP contribution in [0.3, 0.4) is 0 Å². The van der Waals surface area contributed by atoms with Crippen LogP contribution in [0.15, 0.2) is 5.11 Å². The molecule has 0 saturated heterocycles. The zero-order valence-corrected chi connectivity index (χ0v) is 9.85. The van der Waals surface area contributed by atoms with Crippen molar-refractivity contribution >= 4 is 7.12 Å². The largest absolute Gasteiger partial charge is 0.457 e. The van der Waals surface area contributed by atoms with Crippen LogP contribution in [0.1, 0.15) is 27.2 Å². The molecule has 0 fully saturated rings. The Balaban J connectivity index is 3.76. The number of hydrogen-bond acceptors (Lipinski definition) is 3. The summed E-state index contributed by atoms with van der Waals surface area (Å²) in [5.74, 6) is 0.443. The average Bonchev–Trinajstić information content (AvgIpc) is 2.19. The summed E-state index contributed by atoms with van der Waals surface area (Å²) in [6, 6.07) is 0. The van der Waals surface area contributed by atoms with Gasteiger partial charge in [-0.25, -0.2) is 0 Å². The molecule has 0 aliphatic heterocycles. The van der Waals surface area contributed by atoms with Crippen LogP contribution in [0.2, 0.25) is 6.32 Å². The van der Waals surface area contributed by atoms with Crippen molar-refractivity contribution < 1.29 is 9.31 Å². The quantitative estimate of drug-likeness (QED) is 0.256. The van der Waals surface area contributed by atoms with Crippen molar-refractivity contribution in [3.63, 3.8) is 0 Å². The molecule has 0 spiro atoms. The van der Waals surface area contributed by atoms with E-state index in [0.717, 1.165) is 12.7 Å². The van der Waals surface area contributed by atoms with E-state index in [-0.39, 0.29) is 7.12 Å². The lowest BCUT2D eigenvalue weighted by molar-refractivity contribution is 0.208. The second kappa shape index (κ2) is 9.83. The second-order valence-corrected chi connectivity index (χ2v) is 3.42. The molecular weight excluding hydrogens is 193 g/mol. The van der Waals surface area contributed by atoms with Crippen molar-refractivity contribution in [3.05, 3.63) is 10.4 Å². The van der Waals surface area contributed by atoms with Gasteiger partial charge in [0.2, 0.25) is 0 Å². The first-order valence-corrected chi connectivity index (χ1v) is 5.48. The predicted molar refractivity (Wildman–Crippen MR) is 61.6 cm³/mol. The summed E-state index contributed by atoms with van der Waals surface area (Å²) in [5.41, 5.74) is 8.14. The zero-order valence-electron chi connectivity index (χ0n) is 9.85. The van der Waals surface area contributed by atoms with Gasteiger partial charge in [0.05, 0.1) is 0 Å². The van der Waals surface area contributed by atoms with E-state index >= 15 is 0 Å². The SMILES string of the molecule is CCOB(CC(C)CCN=[N+]=[N-])OCC. The third-order valence-electron chi connectivity index (χ3n) is 2.09. The van der Waals surface area contributed by atoms with Gasteiger partial charge in [0.25, 0.3) is 0 Å². The van der Waals surface area contributed by atoms with Gasteiger partial charge in [-0.05, 0) is 38.0 Å². The standard InChI is InChI=1S/C9H20BN3O2/c1-4-14-10(15-5-2)8-9(3)6-7-12-13-11/h9H,4-8H2,1-3H3. The minimum Gasteiger partial charge on any atom is -0.411 e. The summed E-state index contributed by atoms with van der Waals surface area (Å²) in [6.45, 7) is 7.88. The molecule has 0 rings (SSSR count). The molecule has 15 heavy (non-hydrogen) atoms. The van der Waals surface area contributed by atoms with Crippen LogP contribution in [0.25, 0.3) is 10.4 Å². The highest BCUT2D eigenvalue weighted by molar-refractivity contribution is 6.44. The summed E-state index contributed by atoms with van der Waals surface area (Å²) in [7, 11) is -0.124. The van der Waals surface area contributed by atoms with Crippen molar-refractivity contribution in [2.24, 2.45) is 11.0 Å². The Bertz CT molecular complexity index is 192. The van der Waals surface area contributed by atoms with Crippen LogP contribution in [-0.2, 0) is 9.31 Å². The molecule has 0 aromatic rings. The molecule has 0 amide bonds.